The first-order valence-electron chi connectivity index (χ1n) is 5.97. The fourth-order valence-corrected chi connectivity index (χ4v) is 2.60. The van der Waals surface area contributed by atoms with Crippen LogP contribution in [0.25, 0.3) is 0 Å². The predicted octanol–water partition coefficient (Wildman–Crippen LogP) is 0.0303. The van der Waals surface area contributed by atoms with Gasteiger partial charge in [-0.25, -0.2) is 0 Å². The summed E-state index contributed by atoms with van der Waals surface area (Å²) < 4.78 is 0. The number of amides is 1. The van der Waals surface area contributed by atoms with Crippen LogP contribution in [0.15, 0.2) is 0 Å². The van der Waals surface area contributed by atoms with E-state index in [4.69, 9.17) is 5.73 Å². The van der Waals surface area contributed by atoms with Gasteiger partial charge in [-0.2, -0.15) is 0 Å². The van der Waals surface area contributed by atoms with Gasteiger partial charge in [0.25, 0.3) is 0 Å². The first-order chi connectivity index (χ1) is 7.18. The molecule has 2 fully saturated rings. The van der Waals surface area contributed by atoms with Gasteiger partial charge in [-0.3, -0.25) is 4.79 Å². The lowest BCUT2D eigenvalue weighted by Gasteiger charge is -2.28. The topological polar surface area (TPSA) is 49.6 Å². The highest BCUT2D eigenvalue weighted by Gasteiger charge is 2.32. The molecule has 0 aliphatic carbocycles. The SMILES string of the molecule is CC(CN1CCCC1)N1CCC(N)C1=O. The van der Waals surface area contributed by atoms with Crippen LogP contribution in [0.5, 0.6) is 0 Å². The smallest absolute Gasteiger partial charge is 0.239 e. The molecule has 1 amide bonds. The van der Waals surface area contributed by atoms with Gasteiger partial charge >= 0.3 is 0 Å². The van der Waals surface area contributed by atoms with Crippen molar-refractivity contribution in [1.82, 2.24) is 9.80 Å². The zero-order valence-electron chi connectivity index (χ0n) is 9.48. The molecule has 2 N–H and O–H groups in total. The Kier molecular flexibility index (Phi) is 3.26. The molecule has 0 saturated carbocycles. The van der Waals surface area contributed by atoms with Crippen LogP contribution in [0.3, 0.4) is 0 Å². The quantitative estimate of drug-likeness (QED) is 0.716. The van der Waals surface area contributed by atoms with Crippen LogP contribution in [0.1, 0.15) is 26.2 Å². The van der Waals surface area contributed by atoms with Crippen LogP contribution < -0.4 is 5.73 Å². The van der Waals surface area contributed by atoms with E-state index < -0.39 is 0 Å². The number of carbonyl (C=O) groups is 1. The predicted molar refractivity (Wildman–Crippen MR) is 59.4 cm³/mol. The van der Waals surface area contributed by atoms with Gasteiger partial charge in [-0.05, 0) is 39.3 Å². The maximum atomic E-state index is 11.7. The van der Waals surface area contributed by atoms with Crippen LogP contribution in [0, 0.1) is 0 Å². The number of carbonyl (C=O) groups excluding carboxylic acids is 1. The maximum Gasteiger partial charge on any atom is 0.239 e. The molecule has 86 valence electrons. The average molecular weight is 211 g/mol. The molecule has 2 rings (SSSR count). The summed E-state index contributed by atoms with van der Waals surface area (Å²) in [5.41, 5.74) is 5.71. The second kappa shape index (κ2) is 4.49. The molecule has 2 atom stereocenters. The molecule has 0 aromatic heterocycles. The van der Waals surface area contributed by atoms with Crippen molar-refractivity contribution in [2.45, 2.75) is 38.3 Å². The number of rotatable bonds is 3. The van der Waals surface area contributed by atoms with Crippen LogP contribution in [-0.2, 0) is 4.79 Å². The molecule has 4 heteroatoms. The van der Waals surface area contributed by atoms with Crippen molar-refractivity contribution in [2.24, 2.45) is 5.73 Å². The summed E-state index contributed by atoms with van der Waals surface area (Å²) in [6, 6.07) is 0.0789. The van der Waals surface area contributed by atoms with Gasteiger partial charge in [0.05, 0.1) is 6.04 Å². The molecular formula is C11H21N3O. The second-order valence-corrected chi connectivity index (χ2v) is 4.78. The Labute approximate surface area is 91.4 Å². The number of nitrogens with two attached hydrogens (primary N) is 1. The van der Waals surface area contributed by atoms with Crippen molar-refractivity contribution >= 4 is 5.91 Å². The zero-order valence-corrected chi connectivity index (χ0v) is 9.48. The molecule has 0 spiro atoms. The van der Waals surface area contributed by atoms with E-state index in [1.165, 1.54) is 25.9 Å². The van der Waals surface area contributed by atoms with E-state index in [0.29, 0.717) is 6.04 Å². The lowest BCUT2D eigenvalue weighted by molar-refractivity contribution is -0.130. The van der Waals surface area contributed by atoms with Crippen molar-refractivity contribution in [3.8, 4) is 0 Å². The van der Waals surface area contributed by atoms with E-state index in [9.17, 15) is 4.79 Å². The van der Waals surface area contributed by atoms with E-state index in [0.717, 1.165) is 19.5 Å². The van der Waals surface area contributed by atoms with Crippen LogP contribution in [0.2, 0.25) is 0 Å². The molecule has 0 aromatic rings. The van der Waals surface area contributed by atoms with E-state index in [1.54, 1.807) is 0 Å². The normalized spacial score (nSPS) is 30.1. The number of nitrogens with zero attached hydrogens (tertiary/aromatic N) is 2. The third-order valence-corrected chi connectivity index (χ3v) is 3.53. The summed E-state index contributed by atoms with van der Waals surface area (Å²) in [6.07, 6.45) is 3.43. The third-order valence-electron chi connectivity index (χ3n) is 3.53. The Morgan fingerprint density at radius 2 is 2.07 bits per heavy atom. The highest BCUT2D eigenvalue weighted by molar-refractivity contribution is 5.83. The number of hydrogen-bond acceptors (Lipinski definition) is 3. The lowest BCUT2D eigenvalue weighted by atomic mass is 10.2. The fraction of sp³-hybridized carbons (Fsp3) is 0.909. The van der Waals surface area contributed by atoms with Crippen molar-refractivity contribution in [3.63, 3.8) is 0 Å². The van der Waals surface area contributed by atoms with E-state index in [-0.39, 0.29) is 11.9 Å². The zero-order chi connectivity index (χ0) is 10.8. The largest absolute Gasteiger partial charge is 0.337 e. The van der Waals surface area contributed by atoms with Crippen LogP contribution >= 0.6 is 0 Å². The van der Waals surface area contributed by atoms with Gasteiger partial charge in [0.2, 0.25) is 5.91 Å². The van der Waals surface area contributed by atoms with Gasteiger partial charge in [0, 0.05) is 19.1 Å². The summed E-state index contributed by atoms with van der Waals surface area (Å²) in [7, 11) is 0. The van der Waals surface area contributed by atoms with E-state index in [1.807, 2.05) is 4.90 Å². The lowest BCUT2D eigenvalue weighted by Crippen LogP contribution is -2.44. The standard InChI is InChI=1S/C11H21N3O/c1-9(8-13-5-2-3-6-13)14-7-4-10(12)11(14)15/h9-10H,2-8,12H2,1H3. The highest BCUT2D eigenvalue weighted by atomic mass is 16.2. The molecule has 2 aliphatic heterocycles. The molecule has 2 heterocycles. The Balaban J connectivity index is 1.84. The van der Waals surface area contributed by atoms with E-state index >= 15 is 0 Å². The van der Waals surface area contributed by atoms with Gasteiger partial charge in [-0.1, -0.05) is 0 Å². The van der Waals surface area contributed by atoms with Crippen molar-refractivity contribution < 1.29 is 4.79 Å². The molecule has 2 aliphatic rings. The molecule has 4 nitrogen and oxygen atoms in total. The third kappa shape index (κ3) is 2.32. The minimum Gasteiger partial charge on any atom is -0.337 e. The van der Waals surface area contributed by atoms with Crippen molar-refractivity contribution in [1.29, 1.82) is 0 Å². The minimum absolute atomic E-state index is 0.140. The van der Waals surface area contributed by atoms with Gasteiger partial charge < -0.3 is 15.5 Å². The Morgan fingerprint density at radius 3 is 2.60 bits per heavy atom. The second-order valence-electron chi connectivity index (χ2n) is 4.78. The maximum absolute atomic E-state index is 11.7. The summed E-state index contributed by atoms with van der Waals surface area (Å²) in [6.45, 7) is 6.37. The number of likely N-dealkylation sites (tertiary alicyclic amines) is 2. The van der Waals surface area contributed by atoms with E-state index in [2.05, 4.69) is 11.8 Å². The molecule has 0 bridgehead atoms. The fourth-order valence-electron chi connectivity index (χ4n) is 2.60. The summed E-state index contributed by atoms with van der Waals surface area (Å²) in [5, 5.41) is 0. The van der Waals surface area contributed by atoms with Crippen LogP contribution in [-0.4, -0.2) is 54.0 Å². The van der Waals surface area contributed by atoms with Gasteiger partial charge in [0.15, 0.2) is 0 Å². The molecule has 2 unspecified atom stereocenters. The molecule has 15 heavy (non-hydrogen) atoms. The summed E-state index contributed by atoms with van der Waals surface area (Å²) in [4.78, 5) is 16.1. The van der Waals surface area contributed by atoms with Gasteiger partial charge in [0.1, 0.15) is 0 Å². The molecular weight excluding hydrogens is 190 g/mol. The van der Waals surface area contributed by atoms with Crippen LogP contribution in [0.4, 0.5) is 0 Å². The number of hydrogen-bond donors (Lipinski definition) is 1. The Morgan fingerprint density at radius 1 is 1.40 bits per heavy atom. The van der Waals surface area contributed by atoms with Crippen molar-refractivity contribution in [3.05, 3.63) is 0 Å². The molecule has 0 aromatic carbocycles. The summed E-state index contributed by atoms with van der Waals surface area (Å²) >= 11 is 0. The Bertz CT molecular complexity index is 238. The average Bonchev–Trinajstić information content (AvgIpc) is 2.79. The van der Waals surface area contributed by atoms with Gasteiger partial charge in [-0.15, -0.1) is 0 Å². The highest BCUT2D eigenvalue weighted by Crippen LogP contribution is 2.15. The first-order valence-corrected chi connectivity index (χ1v) is 5.97. The minimum atomic E-state index is -0.244. The monoisotopic (exact) mass is 211 g/mol. The molecule has 2 saturated heterocycles. The first kappa shape index (κ1) is 10.9. The Hall–Kier alpha value is -0.610. The molecule has 0 radical (unpaired) electrons. The summed E-state index contributed by atoms with van der Waals surface area (Å²) in [5.74, 6) is 0.140. The van der Waals surface area contributed by atoms with Crippen molar-refractivity contribution in [2.75, 3.05) is 26.2 Å².